The van der Waals surface area contributed by atoms with Crippen molar-refractivity contribution >= 4 is 17.7 Å². The number of alkyl halides is 5. The Balaban J connectivity index is 2.27. The van der Waals surface area contributed by atoms with Crippen LogP contribution >= 0.6 is 0 Å². The molecule has 0 aromatic heterocycles. The molecular weight excluding hydrogens is 371 g/mol. The number of rotatable bonds is 5. The van der Waals surface area contributed by atoms with Crippen molar-refractivity contribution in [3.05, 3.63) is 65.2 Å². The molecule has 0 atom stereocenters. The number of nitrogens with zero attached hydrogens (tertiary/aromatic N) is 1. The molecule has 1 amide bonds. The van der Waals surface area contributed by atoms with Gasteiger partial charge in [-0.15, -0.1) is 0 Å². The smallest absolute Gasteiger partial charge is 0.416 e. The lowest BCUT2D eigenvalue weighted by Crippen LogP contribution is -2.14. The van der Waals surface area contributed by atoms with Gasteiger partial charge >= 0.3 is 12.8 Å². The van der Waals surface area contributed by atoms with E-state index < -0.39 is 29.8 Å². The van der Waals surface area contributed by atoms with Gasteiger partial charge in [-0.05, 0) is 30.3 Å². The highest BCUT2D eigenvalue weighted by atomic mass is 19.4. The van der Waals surface area contributed by atoms with Crippen LogP contribution in [0.15, 0.2) is 54.1 Å². The third-order valence-corrected chi connectivity index (χ3v) is 3.25. The molecule has 0 bridgehead atoms. The van der Waals surface area contributed by atoms with E-state index in [1.807, 2.05) is 0 Å². The molecule has 27 heavy (non-hydrogen) atoms. The first kappa shape index (κ1) is 19.9. The van der Waals surface area contributed by atoms with Gasteiger partial charge in [-0.3, -0.25) is 4.79 Å². The molecule has 0 fully saturated rings. The first-order valence-corrected chi connectivity index (χ1v) is 7.35. The molecule has 2 aromatic carbocycles. The summed E-state index contributed by atoms with van der Waals surface area (Å²) in [7, 11) is 0. The molecule has 0 spiro atoms. The molecule has 2 aromatic rings. The average Bonchev–Trinajstić information content (AvgIpc) is 2.60. The van der Waals surface area contributed by atoms with Gasteiger partial charge < -0.3 is 10.1 Å². The van der Waals surface area contributed by atoms with Gasteiger partial charge in [0.2, 0.25) is 0 Å². The maximum absolute atomic E-state index is 12.7. The number of hydrogen-bond acceptors (Lipinski definition) is 3. The molecule has 4 nitrogen and oxygen atoms in total. The second-order valence-corrected chi connectivity index (χ2v) is 5.12. The number of ether oxygens (including phenoxy) is 1. The topological polar surface area (TPSA) is 62.1 Å². The van der Waals surface area contributed by atoms with Crippen molar-refractivity contribution in [2.45, 2.75) is 12.8 Å². The Labute approximate surface area is 150 Å². The normalized spacial score (nSPS) is 11.8. The van der Waals surface area contributed by atoms with E-state index >= 15 is 0 Å². The predicted molar refractivity (Wildman–Crippen MR) is 86.7 cm³/mol. The quantitative estimate of drug-likeness (QED) is 0.457. The fraction of sp³-hybridized carbons (Fsp3) is 0.111. The fourth-order valence-electron chi connectivity index (χ4n) is 2.08. The van der Waals surface area contributed by atoms with Crippen LogP contribution in [0.3, 0.4) is 0 Å². The van der Waals surface area contributed by atoms with Gasteiger partial charge in [0, 0.05) is 11.3 Å². The third-order valence-electron chi connectivity index (χ3n) is 3.25. The monoisotopic (exact) mass is 382 g/mol. The summed E-state index contributed by atoms with van der Waals surface area (Å²) < 4.78 is 67.3. The third kappa shape index (κ3) is 5.54. The molecule has 0 saturated heterocycles. The van der Waals surface area contributed by atoms with Crippen molar-refractivity contribution in [3.63, 3.8) is 0 Å². The molecule has 140 valence electrons. The van der Waals surface area contributed by atoms with Crippen molar-refractivity contribution in [1.82, 2.24) is 0 Å². The van der Waals surface area contributed by atoms with Crippen LogP contribution in [0.2, 0.25) is 0 Å². The second kappa shape index (κ2) is 8.31. The SMILES string of the molecule is N#C/C(=C/c1ccccc1OC(F)F)C(=O)Nc1cccc(C(F)(F)F)c1. The summed E-state index contributed by atoms with van der Waals surface area (Å²) in [5.74, 6) is -1.25. The summed E-state index contributed by atoms with van der Waals surface area (Å²) in [5, 5.41) is 11.3. The maximum atomic E-state index is 12.7. The Morgan fingerprint density at radius 1 is 1.15 bits per heavy atom. The number of hydrogen-bond donors (Lipinski definition) is 1. The number of halogens is 5. The van der Waals surface area contributed by atoms with Gasteiger partial charge in [0.05, 0.1) is 5.56 Å². The van der Waals surface area contributed by atoms with Crippen LogP contribution in [0.5, 0.6) is 5.75 Å². The summed E-state index contributed by atoms with van der Waals surface area (Å²) in [6, 6.07) is 10.9. The Morgan fingerprint density at radius 2 is 1.85 bits per heavy atom. The van der Waals surface area contributed by atoms with E-state index in [2.05, 4.69) is 10.1 Å². The fourth-order valence-corrected chi connectivity index (χ4v) is 2.08. The molecule has 0 aliphatic rings. The van der Waals surface area contributed by atoms with E-state index in [1.54, 1.807) is 6.07 Å². The van der Waals surface area contributed by atoms with Gasteiger partial charge in [0.1, 0.15) is 17.4 Å². The van der Waals surface area contributed by atoms with E-state index in [4.69, 9.17) is 5.26 Å². The van der Waals surface area contributed by atoms with Crippen LogP contribution in [-0.4, -0.2) is 12.5 Å². The zero-order chi connectivity index (χ0) is 20.0. The van der Waals surface area contributed by atoms with Crippen LogP contribution in [0.25, 0.3) is 6.08 Å². The van der Waals surface area contributed by atoms with E-state index in [0.29, 0.717) is 6.07 Å². The molecule has 0 aliphatic carbocycles. The minimum atomic E-state index is -4.60. The van der Waals surface area contributed by atoms with Crippen molar-refractivity contribution in [2.24, 2.45) is 0 Å². The number of carbonyl (C=O) groups is 1. The van der Waals surface area contributed by atoms with E-state index in [0.717, 1.165) is 18.2 Å². The van der Waals surface area contributed by atoms with Crippen molar-refractivity contribution in [2.75, 3.05) is 5.32 Å². The predicted octanol–water partition coefficient (Wildman–Crippen LogP) is 4.85. The Kier molecular flexibility index (Phi) is 6.13. The number of amides is 1. The minimum absolute atomic E-state index is 0.0357. The number of carbonyl (C=O) groups excluding carboxylic acids is 1. The van der Waals surface area contributed by atoms with Crippen molar-refractivity contribution in [1.29, 1.82) is 5.26 Å². The summed E-state index contributed by atoms with van der Waals surface area (Å²) in [4.78, 5) is 12.2. The Bertz CT molecular complexity index is 901. The molecule has 2 rings (SSSR count). The molecule has 0 unspecified atom stereocenters. The lowest BCUT2D eigenvalue weighted by Gasteiger charge is -2.10. The lowest BCUT2D eigenvalue weighted by molar-refractivity contribution is -0.137. The van der Waals surface area contributed by atoms with Gasteiger partial charge in [0.15, 0.2) is 0 Å². The number of benzene rings is 2. The molecule has 0 radical (unpaired) electrons. The largest absolute Gasteiger partial charge is 0.434 e. The maximum Gasteiger partial charge on any atom is 0.416 e. The van der Waals surface area contributed by atoms with E-state index in [9.17, 15) is 26.7 Å². The van der Waals surface area contributed by atoms with Crippen LogP contribution < -0.4 is 10.1 Å². The van der Waals surface area contributed by atoms with Crippen LogP contribution in [0, 0.1) is 11.3 Å². The van der Waals surface area contributed by atoms with Gasteiger partial charge in [-0.2, -0.15) is 27.2 Å². The minimum Gasteiger partial charge on any atom is -0.434 e. The Morgan fingerprint density at radius 3 is 2.48 bits per heavy atom. The van der Waals surface area contributed by atoms with Crippen LogP contribution in [0.1, 0.15) is 11.1 Å². The summed E-state index contributed by atoms with van der Waals surface area (Å²) in [6.07, 6.45) is -3.60. The highest BCUT2D eigenvalue weighted by Gasteiger charge is 2.30. The number of para-hydroxylation sites is 1. The van der Waals surface area contributed by atoms with Gasteiger partial charge in [-0.25, -0.2) is 0 Å². The second-order valence-electron chi connectivity index (χ2n) is 5.12. The first-order chi connectivity index (χ1) is 12.7. The molecule has 1 N–H and O–H groups in total. The first-order valence-electron chi connectivity index (χ1n) is 7.35. The Hall–Kier alpha value is -3.41. The highest BCUT2D eigenvalue weighted by Crippen LogP contribution is 2.31. The van der Waals surface area contributed by atoms with Gasteiger partial charge in [-0.1, -0.05) is 24.3 Å². The van der Waals surface area contributed by atoms with E-state index in [-0.39, 0.29) is 17.0 Å². The molecule has 0 heterocycles. The van der Waals surface area contributed by atoms with E-state index in [1.165, 1.54) is 30.3 Å². The number of nitrogens with one attached hydrogen (secondary N) is 1. The summed E-state index contributed by atoms with van der Waals surface area (Å²) in [6.45, 7) is -3.11. The number of anilines is 1. The molecular formula is C18H11F5N2O2. The zero-order valence-corrected chi connectivity index (χ0v) is 13.4. The number of nitriles is 1. The zero-order valence-electron chi connectivity index (χ0n) is 13.4. The summed E-state index contributed by atoms with van der Waals surface area (Å²) in [5.41, 5.74) is -1.61. The highest BCUT2D eigenvalue weighted by molar-refractivity contribution is 6.09. The lowest BCUT2D eigenvalue weighted by atomic mass is 10.1. The average molecular weight is 382 g/mol. The van der Waals surface area contributed by atoms with Crippen molar-refractivity contribution in [3.8, 4) is 11.8 Å². The molecule has 9 heteroatoms. The standard InChI is InChI=1S/C18H11F5N2O2/c19-17(20)27-15-7-2-1-4-11(15)8-12(10-24)16(26)25-14-6-3-5-13(9-14)18(21,22)23/h1-9,17H,(H,25,26)/b12-8-. The van der Waals surface area contributed by atoms with Gasteiger partial charge in [0.25, 0.3) is 5.91 Å². The molecule has 0 aliphatic heterocycles. The molecule has 0 saturated carbocycles. The van der Waals surface area contributed by atoms with Crippen LogP contribution in [-0.2, 0) is 11.0 Å². The van der Waals surface area contributed by atoms with Crippen molar-refractivity contribution < 1.29 is 31.5 Å². The van der Waals surface area contributed by atoms with Crippen LogP contribution in [0.4, 0.5) is 27.6 Å². The summed E-state index contributed by atoms with van der Waals surface area (Å²) >= 11 is 0.